The van der Waals surface area contributed by atoms with Crippen LogP contribution in [0.15, 0.2) is 30.5 Å². The summed E-state index contributed by atoms with van der Waals surface area (Å²) in [5.41, 5.74) is 8.54. The number of nitrogen functional groups attached to an aromatic ring is 2. The predicted octanol–water partition coefficient (Wildman–Crippen LogP) is 2.84. The van der Waals surface area contributed by atoms with Gasteiger partial charge in [0.25, 0.3) is 5.92 Å². The summed E-state index contributed by atoms with van der Waals surface area (Å²) in [5.74, 6) is 2.88. The van der Waals surface area contributed by atoms with Crippen molar-refractivity contribution in [3.05, 3.63) is 35.3 Å². The van der Waals surface area contributed by atoms with Gasteiger partial charge in [-0.3, -0.25) is 0 Å². The first-order chi connectivity index (χ1) is 11.8. The summed E-state index contributed by atoms with van der Waals surface area (Å²) >= 11 is 1.22. The molecule has 3 aromatic heterocycles. The van der Waals surface area contributed by atoms with E-state index in [1.807, 2.05) is 6.07 Å². The van der Waals surface area contributed by atoms with Gasteiger partial charge in [-0.25, -0.2) is 24.6 Å². The number of thiophene rings is 1. The molecular formula is C16H15F2N5OS. The summed E-state index contributed by atoms with van der Waals surface area (Å²) in [6, 6.07) is 7.05. The van der Waals surface area contributed by atoms with E-state index >= 15 is 0 Å². The third-order valence-corrected chi connectivity index (χ3v) is 5.53. The number of fused-ring (bicyclic) bond motifs is 1. The number of nitrogens with one attached hydrogen (secondary N) is 1. The molecule has 0 spiro atoms. The molecule has 130 valence electrons. The van der Waals surface area contributed by atoms with Gasteiger partial charge in [0.2, 0.25) is 0 Å². The van der Waals surface area contributed by atoms with Gasteiger partial charge >= 0.3 is 0 Å². The number of rotatable bonds is 3. The lowest BCUT2D eigenvalue weighted by Gasteiger charge is -2.42. The van der Waals surface area contributed by atoms with Crippen LogP contribution in [0.3, 0.4) is 0 Å². The lowest BCUT2D eigenvalue weighted by atomic mass is 9.75. The maximum absolute atomic E-state index is 13.2. The summed E-state index contributed by atoms with van der Waals surface area (Å²) in [6.45, 7) is 0. The van der Waals surface area contributed by atoms with Crippen LogP contribution in [0.5, 0.6) is 0 Å². The van der Waals surface area contributed by atoms with Crippen LogP contribution in [0.25, 0.3) is 21.5 Å². The molecule has 6 N–H and O–H groups in total. The van der Waals surface area contributed by atoms with Crippen molar-refractivity contribution in [2.75, 3.05) is 11.2 Å². The van der Waals surface area contributed by atoms with E-state index in [4.69, 9.17) is 11.6 Å². The number of hydrazine groups is 1. The molecule has 4 rings (SSSR count). The average molecular weight is 363 g/mol. The molecule has 0 unspecified atom stereocenters. The second-order valence-electron chi connectivity index (χ2n) is 6.25. The van der Waals surface area contributed by atoms with E-state index in [9.17, 15) is 13.9 Å². The van der Waals surface area contributed by atoms with Crippen molar-refractivity contribution in [3.63, 3.8) is 0 Å². The molecule has 1 fully saturated rings. The molecule has 1 aliphatic rings. The third kappa shape index (κ3) is 2.70. The molecule has 0 aromatic carbocycles. The molecular weight excluding hydrogens is 348 g/mol. The van der Waals surface area contributed by atoms with E-state index in [2.05, 4.69) is 15.4 Å². The number of hydrogen-bond donors (Lipinski definition) is 4. The maximum atomic E-state index is 13.2. The van der Waals surface area contributed by atoms with Gasteiger partial charge < -0.3 is 16.3 Å². The molecule has 0 bridgehead atoms. The normalized spacial score (nSPS) is 18.1. The minimum atomic E-state index is -2.80. The molecule has 9 heteroatoms. The number of aromatic nitrogens is 2. The van der Waals surface area contributed by atoms with E-state index in [0.717, 1.165) is 5.39 Å². The van der Waals surface area contributed by atoms with Gasteiger partial charge in [-0.05, 0) is 24.3 Å². The highest BCUT2D eigenvalue weighted by Crippen LogP contribution is 2.53. The Kier molecular flexibility index (Phi) is 3.43. The highest BCUT2D eigenvalue weighted by molar-refractivity contribution is 7.18. The molecule has 0 amide bonds. The Hall–Kier alpha value is -2.36. The highest BCUT2D eigenvalue weighted by atomic mass is 32.1. The molecule has 0 radical (unpaired) electrons. The molecule has 3 aromatic rings. The summed E-state index contributed by atoms with van der Waals surface area (Å²) in [5, 5.41) is 11.2. The Bertz CT molecular complexity index is 966. The number of aliphatic hydroxyl groups is 1. The van der Waals surface area contributed by atoms with Crippen molar-refractivity contribution in [2.45, 2.75) is 24.4 Å². The van der Waals surface area contributed by atoms with Gasteiger partial charge in [0.05, 0.1) is 11.4 Å². The molecule has 0 aliphatic heterocycles. The molecule has 1 aliphatic carbocycles. The Balaban J connectivity index is 1.70. The lowest BCUT2D eigenvalue weighted by molar-refractivity contribution is -0.208. The zero-order valence-electron chi connectivity index (χ0n) is 13.0. The van der Waals surface area contributed by atoms with Crippen LogP contribution in [0.1, 0.15) is 17.7 Å². The van der Waals surface area contributed by atoms with E-state index in [0.29, 0.717) is 32.5 Å². The summed E-state index contributed by atoms with van der Waals surface area (Å²) in [6.07, 6.45) is 0.496. The lowest BCUT2D eigenvalue weighted by Crippen LogP contribution is -2.48. The number of hydrogen-bond acceptors (Lipinski definition) is 7. The van der Waals surface area contributed by atoms with Gasteiger partial charge in [-0.1, -0.05) is 0 Å². The maximum Gasteiger partial charge on any atom is 0.254 e. The molecule has 0 atom stereocenters. The smallest absolute Gasteiger partial charge is 0.254 e. The average Bonchev–Trinajstić information content (AvgIpc) is 2.96. The molecule has 25 heavy (non-hydrogen) atoms. The third-order valence-electron chi connectivity index (χ3n) is 4.29. The van der Waals surface area contributed by atoms with Crippen molar-refractivity contribution in [3.8, 4) is 11.3 Å². The summed E-state index contributed by atoms with van der Waals surface area (Å²) in [7, 11) is 0. The van der Waals surface area contributed by atoms with Gasteiger partial charge in [-0.2, -0.15) is 0 Å². The van der Waals surface area contributed by atoms with Crippen LogP contribution in [-0.2, 0) is 5.60 Å². The Morgan fingerprint density at radius 3 is 2.64 bits per heavy atom. The fraction of sp³-hybridized carbons (Fsp3) is 0.250. The Morgan fingerprint density at radius 2 is 2.00 bits per heavy atom. The van der Waals surface area contributed by atoms with Crippen molar-refractivity contribution in [1.82, 2.24) is 9.97 Å². The molecule has 6 nitrogen and oxygen atoms in total. The molecule has 3 heterocycles. The standard InChI is InChI=1S/C16H15F2N5OS/c17-16(18)6-15(24,7-16)12-4-8-1-2-11(22-14(8)25-12)9-3-10(19)13(23-20)21-5-9/h1-5,24H,6-7,19-20H2,(H,21,23). The van der Waals surface area contributed by atoms with Gasteiger partial charge in [0, 0.05) is 34.9 Å². The minimum absolute atomic E-state index is 0.372. The van der Waals surface area contributed by atoms with E-state index in [-0.39, 0.29) is 0 Å². The van der Waals surface area contributed by atoms with Crippen LogP contribution in [0.4, 0.5) is 20.3 Å². The zero-order chi connectivity index (χ0) is 17.8. The van der Waals surface area contributed by atoms with Crippen molar-refractivity contribution < 1.29 is 13.9 Å². The Morgan fingerprint density at radius 1 is 1.24 bits per heavy atom. The second kappa shape index (κ2) is 5.32. The number of pyridine rings is 2. The first kappa shape index (κ1) is 16.1. The van der Waals surface area contributed by atoms with Crippen LogP contribution in [-0.4, -0.2) is 21.0 Å². The summed E-state index contributed by atoms with van der Waals surface area (Å²) < 4.78 is 26.3. The highest BCUT2D eigenvalue weighted by Gasteiger charge is 2.57. The SMILES string of the molecule is NNc1ncc(-c2ccc3cc(C4(O)CC(F)(F)C4)sc3n2)cc1N. The predicted molar refractivity (Wildman–Crippen MR) is 93.2 cm³/mol. The fourth-order valence-corrected chi connectivity index (χ4v) is 4.15. The zero-order valence-corrected chi connectivity index (χ0v) is 13.8. The van der Waals surface area contributed by atoms with Crippen LogP contribution in [0.2, 0.25) is 0 Å². The Labute approximate surface area is 145 Å². The number of nitrogens with zero attached hydrogens (tertiary/aromatic N) is 2. The van der Waals surface area contributed by atoms with Crippen molar-refractivity contribution in [2.24, 2.45) is 5.84 Å². The number of nitrogens with two attached hydrogens (primary N) is 2. The first-order valence-corrected chi connectivity index (χ1v) is 8.35. The van der Waals surface area contributed by atoms with E-state index < -0.39 is 24.4 Å². The summed E-state index contributed by atoms with van der Waals surface area (Å²) in [4.78, 5) is 9.83. The van der Waals surface area contributed by atoms with Gasteiger partial charge in [0.1, 0.15) is 10.4 Å². The first-order valence-electron chi connectivity index (χ1n) is 7.53. The fourth-order valence-electron chi connectivity index (χ4n) is 3.03. The quantitative estimate of drug-likeness (QED) is 0.421. The van der Waals surface area contributed by atoms with Crippen LogP contribution < -0.4 is 17.0 Å². The van der Waals surface area contributed by atoms with Gasteiger partial charge in [-0.15, -0.1) is 11.3 Å². The van der Waals surface area contributed by atoms with Gasteiger partial charge in [0.15, 0.2) is 5.82 Å². The van der Waals surface area contributed by atoms with E-state index in [1.54, 1.807) is 24.4 Å². The number of halogens is 2. The monoisotopic (exact) mass is 363 g/mol. The number of anilines is 2. The molecule has 0 saturated heterocycles. The van der Waals surface area contributed by atoms with Crippen molar-refractivity contribution >= 4 is 33.1 Å². The van der Waals surface area contributed by atoms with E-state index in [1.165, 1.54) is 11.3 Å². The second-order valence-corrected chi connectivity index (χ2v) is 7.28. The topological polar surface area (TPSA) is 110 Å². The van der Waals surface area contributed by atoms with Crippen LogP contribution in [0, 0.1) is 0 Å². The minimum Gasteiger partial charge on any atom is -0.396 e. The molecule has 1 saturated carbocycles. The number of alkyl halides is 2. The van der Waals surface area contributed by atoms with Crippen molar-refractivity contribution in [1.29, 1.82) is 0 Å². The van der Waals surface area contributed by atoms with Crippen LogP contribution >= 0.6 is 11.3 Å². The largest absolute Gasteiger partial charge is 0.396 e.